The number of benzene rings is 1. The number of fused-ring (bicyclic) bond motifs is 1. The van der Waals surface area contributed by atoms with E-state index >= 15 is 4.39 Å². The standard InChI is InChI=1S/C26H31F2N3O3S2/c1-34-19-4-5-22-20(15-19)24(18(16-27)17-29-22)21(28)6-7-26(25(32)30-33)8-10-31(11-9-26)12-14-36-23-3-2-13-35-23/h2-5,13,15,17,21,33H,6-12,14,16H2,1H3,(H,30,32)/t21-/m1/s1. The molecular weight excluding hydrogens is 504 g/mol. The zero-order valence-electron chi connectivity index (χ0n) is 20.2. The molecule has 1 amide bonds. The van der Waals surface area contributed by atoms with E-state index < -0.39 is 24.2 Å². The van der Waals surface area contributed by atoms with Crippen LogP contribution in [-0.4, -0.2) is 53.5 Å². The van der Waals surface area contributed by atoms with Gasteiger partial charge in [0.25, 0.3) is 0 Å². The fraction of sp³-hybridized carbons (Fsp3) is 0.462. The number of hydrogen-bond donors (Lipinski definition) is 2. The largest absolute Gasteiger partial charge is 0.497 e. The van der Waals surface area contributed by atoms with Gasteiger partial charge in [0.2, 0.25) is 5.91 Å². The number of pyridine rings is 1. The van der Waals surface area contributed by atoms with Crippen molar-refractivity contribution < 1.29 is 23.5 Å². The third-order valence-corrected chi connectivity index (χ3v) is 9.19. The minimum atomic E-state index is -1.49. The van der Waals surface area contributed by atoms with Crippen molar-refractivity contribution in [1.82, 2.24) is 15.4 Å². The molecule has 0 aliphatic carbocycles. The van der Waals surface area contributed by atoms with Crippen LogP contribution in [0.25, 0.3) is 10.9 Å². The van der Waals surface area contributed by atoms with Gasteiger partial charge >= 0.3 is 0 Å². The van der Waals surface area contributed by atoms with E-state index in [-0.39, 0.29) is 24.0 Å². The fourth-order valence-corrected chi connectivity index (χ4v) is 6.78. The lowest BCUT2D eigenvalue weighted by molar-refractivity contribution is -0.143. The molecule has 4 rings (SSSR count). The average molecular weight is 536 g/mol. The molecule has 3 heterocycles. The molecule has 0 unspecified atom stereocenters. The Morgan fingerprint density at radius 1 is 1.36 bits per heavy atom. The monoisotopic (exact) mass is 535 g/mol. The Morgan fingerprint density at radius 2 is 2.17 bits per heavy atom. The summed E-state index contributed by atoms with van der Waals surface area (Å²) in [6, 6.07) is 9.27. The van der Waals surface area contributed by atoms with Crippen molar-refractivity contribution in [3.05, 3.63) is 53.0 Å². The van der Waals surface area contributed by atoms with Gasteiger partial charge in [0.1, 0.15) is 18.6 Å². The van der Waals surface area contributed by atoms with Gasteiger partial charge < -0.3 is 9.64 Å². The number of hydrogen-bond acceptors (Lipinski definition) is 7. The third kappa shape index (κ3) is 5.99. The summed E-state index contributed by atoms with van der Waals surface area (Å²) in [5, 5.41) is 12.0. The summed E-state index contributed by atoms with van der Waals surface area (Å²) in [5.41, 5.74) is 1.95. The molecule has 1 fully saturated rings. The highest BCUT2D eigenvalue weighted by molar-refractivity contribution is 8.01. The average Bonchev–Trinajstić information content (AvgIpc) is 3.44. The summed E-state index contributed by atoms with van der Waals surface area (Å²) in [6.07, 6.45) is 1.22. The molecule has 1 atom stereocenters. The van der Waals surface area contributed by atoms with E-state index in [1.54, 1.807) is 29.5 Å². The number of hydroxylamine groups is 1. The molecule has 1 aliphatic rings. The third-order valence-electron chi connectivity index (χ3n) is 7.08. The maximum Gasteiger partial charge on any atom is 0.249 e. The second-order valence-corrected chi connectivity index (χ2v) is 11.4. The van der Waals surface area contributed by atoms with E-state index in [9.17, 15) is 14.4 Å². The van der Waals surface area contributed by atoms with E-state index in [2.05, 4.69) is 21.3 Å². The van der Waals surface area contributed by atoms with Gasteiger partial charge in [0, 0.05) is 35.0 Å². The molecule has 2 aromatic heterocycles. The quantitative estimate of drug-likeness (QED) is 0.180. The zero-order valence-corrected chi connectivity index (χ0v) is 21.8. The van der Waals surface area contributed by atoms with Crippen LogP contribution < -0.4 is 10.2 Å². The number of aromatic nitrogens is 1. The van der Waals surface area contributed by atoms with Crippen molar-refractivity contribution in [2.24, 2.45) is 5.41 Å². The number of likely N-dealkylation sites (tertiary alicyclic amines) is 1. The normalized spacial score (nSPS) is 16.7. The number of halogens is 2. The first kappa shape index (κ1) is 26.8. The predicted molar refractivity (Wildman–Crippen MR) is 139 cm³/mol. The molecule has 194 valence electrons. The van der Waals surface area contributed by atoms with Gasteiger partial charge in [-0.05, 0) is 68.4 Å². The van der Waals surface area contributed by atoms with Crippen molar-refractivity contribution in [3.8, 4) is 5.75 Å². The molecule has 10 heteroatoms. The number of thiophene rings is 1. The minimum absolute atomic E-state index is 0.0327. The maximum atomic E-state index is 15.8. The number of carbonyl (C=O) groups is 1. The van der Waals surface area contributed by atoms with Gasteiger partial charge in [-0.1, -0.05) is 6.07 Å². The van der Waals surface area contributed by atoms with Crippen LogP contribution in [0, 0.1) is 5.41 Å². The van der Waals surface area contributed by atoms with E-state index in [4.69, 9.17) is 4.74 Å². The second kappa shape index (κ2) is 12.3. The van der Waals surface area contributed by atoms with Gasteiger partial charge in [-0.2, -0.15) is 0 Å². The molecule has 1 saturated heterocycles. The van der Waals surface area contributed by atoms with Crippen molar-refractivity contribution >= 4 is 39.9 Å². The molecule has 1 aromatic carbocycles. The molecule has 0 radical (unpaired) electrons. The lowest BCUT2D eigenvalue weighted by Gasteiger charge is -2.40. The molecule has 6 nitrogen and oxygen atoms in total. The van der Waals surface area contributed by atoms with Crippen molar-refractivity contribution in [3.63, 3.8) is 0 Å². The number of thioether (sulfide) groups is 1. The van der Waals surface area contributed by atoms with Gasteiger partial charge in [0.15, 0.2) is 0 Å². The van der Waals surface area contributed by atoms with E-state index in [0.717, 1.165) is 12.3 Å². The van der Waals surface area contributed by atoms with E-state index in [0.29, 0.717) is 42.6 Å². The first-order valence-electron chi connectivity index (χ1n) is 12.0. The molecule has 2 N–H and O–H groups in total. The Kier molecular flexibility index (Phi) is 9.16. The Bertz CT molecular complexity index is 1150. The number of amides is 1. The lowest BCUT2D eigenvalue weighted by atomic mass is 9.73. The summed E-state index contributed by atoms with van der Waals surface area (Å²) in [4.78, 5) is 19.3. The highest BCUT2D eigenvalue weighted by Gasteiger charge is 2.41. The van der Waals surface area contributed by atoms with Crippen LogP contribution in [0.15, 0.2) is 46.1 Å². The number of ether oxygens (including phenoxy) is 1. The summed E-state index contributed by atoms with van der Waals surface area (Å²) >= 11 is 3.54. The van der Waals surface area contributed by atoms with Crippen LogP contribution in [0.5, 0.6) is 5.75 Å². The number of alkyl halides is 2. The topological polar surface area (TPSA) is 74.7 Å². The molecule has 3 aromatic rings. The molecule has 1 aliphatic heterocycles. The number of rotatable bonds is 11. The molecular formula is C26H31F2N3O3S2. The second-order valence-electron chi connectivity index (χ2n) is 9.06. The summed E-state index contributed by atoms with van der Waals surface area (Å²) in [5.74, 6) is 1.01. The summed E-state index contributed by atoms with van der Waals surface area (Å²) < 4.78 is 36.1. The Labute approximate surface area is 218 Å². The Morgan fingerprint density at radius 3 is 2.83 bits per heavy atom. The fourth-order valence-electron chi connectivity index (χ4n) is 4.92. The first-order chi connectivity index (χ1) is 17.5. The number of nitrogens with zero attached hydrogens (tertiary/aromatic N) is 2. The molecule has 36 heavy (non-hydrogen) atoms. The van der Waals surface area contributed by atoms with Crippen LogP contribution >= 0.6 is 23.1 Å². The highest BCUT2D eigenvalue weighted by atomic mass is 32.2. The molecule has 0 spiro atoms. The zero-order chi connectivity index (χ0) is 25.5. The lowest BCUT2D eigenvalue weighted by Crippen LogP contribution is -2.48. The highest BCUT2D eigenvalue weighted by Crippen LogP contribution is 2.41. The Balaban J connectivity index is 1.44. The predicted octanol–water partition coefficient (Wildman–Crippen LogP) is 5.95. The number of piperidine rings is 1. The molecule has 0 saturated carbocycles. The Hall–Kier alpha value is -2.27. The van der Waals surface area contributed by atoms with Gasteiger partial charge in [0.05, 0.1) is 22.3 Å². The smallest absolute Gasteiger partial charge is 0.249 e. The minimum Gasteiger partial charge on any atom is -0.497 e. The molecule has 0 bridgehead atoms. The SMILES string of the molecule is COc1ccc2ncc(CF)c([C@H](F)CCC3(C(=O)NO)CCN(CCSc4cccs4)CC3)c2c1. The van der Waals surface area contributed by atoms with Gasteiger partial charge in [-0.3, -0.25) is 15.0 Å². The van der Waals surface area contributed by atoms with Gasteiger partial charge in [-0.25, -0.2) is 14.3 Å². The van der Waals surface area contributed by atoms with Crippen molar-refractivity contribution in [2.45, 2.75) is 42.7 Å². The van der Waals surface area contributed by atoms with Crippen molar-refractivity contribution in [1.29, 1.82) is 0 Å². The maximum absolute atomic E-state index is 15.8. The summed E-state index contributed by atoms with van der Waals surface area (Å²) in [7, 11) is 1.52. The van der Waals surface area contributed by atoms with E-state index in [1.807, 2.05) is 23.3 Å². The number of carbonyl (C=O) groups excluding carboxylic acids is 1. The van der Waals surface area contributed by atoms with Crippen molar-refractivity contribution in [2.75, 3.05) is 32.5 Å². The first-order valence-corrected chi connectivity index (χ1v) is 13.8. The van der Waals surface area contributed by atoms with Crippen LogP contribution in [-0.2, 0) is 11.5 Å². The van der Waals surface area contributed by atoms with Crippen LogP contribution in [0.3, 0.4) is 0 Å². The number of nitrogens with one attached hydrogen (secondary N) is 1. The van der Waals surface area contributed by atoms with Gasteiger partial charge in [-0.15, -0.1) is 23.1 Å². The van der Waals surface area contributed by atoms with Crippen LogP contribution in [0.2, 0.25) is 0 Å². The number of methoxy groups -OCH3 is 1. The van der Waals surface area contributed by atoms with E-state index in [1.165, 1.54) is 17.5 Å². The van der Waals surface area contributed by atoms with Crippen LogP contribution in [0.1, 0.15) is 43.0 Å². The van der Waals surface area contributed by atoms with Crippen LogP contribution in [0.4, 0.5) is 8.78 Å². The summed E-state index contributed by atoms with van der Waals surface area (Å²) in [6.45, 7) is 1.45.